The molecule has 0 unspecified atom stereocenters. The van der Waals surface area contributed by atoms with Gasteiger partial charge in [0, 0.05) is 29.2 Å². The maximum absolute atomic E-state index is 12.2. The zero-order chi connectivity index (χ0) is 20.9. The first-order chi connectivity index (χ1) is 14.7. The van der Waals surface area contributed by atoms with Gasteiger partial charge in [-0.15, -0.1) is 0 Å². The molecule has 3 aromatic carbocycles. The second-order valence-electron chi connectivity index (χ2n) is 6.71. The second-order valence-corrected chi connectivity index (χ2v) is 6.71. The summed E-state index contributed by atoms with van der Waals surface area (Å²) in [5.74, 6) is -0.589. The molecule has 0 radical (unpaired) electrons. The van der Waals surface area contributed by atoms with Crippen LogP contribution in [0, 0.1) is 11.3 Å². The molecule has 1 aromatic heterocycles. The van der Waals surface area contributed by atoms with E-state index < -0.39 is 5.91 Å². The number of carbonyl (C=O) groups excluding carboxylic acids is 1. The van der Waals surface area contributed by atoms with Gasteiger partial charge in [-0.2, -0.15) is 10.4 Å². The molecule has 1 heterocycles. The van der Waals surface area contributed by atoms with Crippen LogP contribution >= 0.6 is 0 Å². The van der Waals surface area contributed by atoms with Gasteiger partial charge in [0.2, 0.25) is 0 Å². The monoisotopic (exact) mass is 394 g/mol. The molecule has 1 amide bonds. The van der Waals surface area contributed by atoms with Gasteiger partial charge in [0.1, 0.15) is 5.75 Å². The molecular formula is C24H18N4O2. The van der Waals surface area contributed by atoms with Crippen LogP contribution in [0.4, 0.5) is 0 Å². The molecule has 30 heavy (non-hydrogen) atoms. The van der Waals surface area contributed by atoms with E-state index in [1.165, 1.54) is 12.1 Å². The number of aromatic nitrogens is 1. The Labute approximate surface area is 173 Å². The number of aromatic hydroxyl groups is 1. The Morgan fingerprint density at radius 2 is 1.80 bits per heavy atom. The van der Waals surface area contributed by atoms with Crippen molar-refractivity contribution in [2.75, 3.05) is 0 Å². The number of hydrazone groups is 1. The van der Waals surface area contributed by atoms with E-state index in [2.05, 4.69) is 21.2 Å². The summed E-state index contributed by atoms with van der Waals surface area (Å²) in [6.07, 6.45) is 3.52. The van der Waals surface area contributed by atoms with Crippen LogP contribution in [0.2, 0.25) is 0 Å². The fourth-order valence-electron chi connectivity index (χ4n) is 3.35. The Hall–Kier alpha value is -4.37. The number of phenolic OH excluding ortho intramolecular Hbond substituents is 1. The van der Waals surface area contributed by atoms with E-state index in [0.717, 1.165) is 22.0 Å². The van der Waals surface area contributed by atoms with E-state index in [-0.39, 0.29) is 11.3 Å². The third kappa shape index (κ3) is 3.77. The largest absolute Gasteiger partial charge is 0.507 e. The summed E-state index contributed by atoms with van der Waals surface area (Å²) < 4.78 is 2.05. The van der Waals surface area contributed by atoms with Crippen molar-refractivity contribution in [3.8, 4) is 11.8 Å². The lowest BCUT2D eigenvalue weighted by molar-refractivity contribution is 0.0952. The lowest BCUT2D eigenvalue weighted by atomic mass is 10.1. The number of fused-ring (bicyclic) bond motifs is 1. The predicted octanol–water partition coefficient (Wildman–Crippen LogP) is 4.03. The Morgan fingerprint density at radius 1 is 1.07 bits per heavy atom. The van der Waals surface area contributed by atoms with Gasteiger partial charge in [-0.25, -0.2) is 5.43 Å². The number of hydrogen-bond acceptors (Lipinski definition) is 4. The topological polar surface area (TPSA) is 90.4 Å². The summed E-state index contributed by atoms with van der Waals surface area (Å²) >= 11 is 0. The van der Waals surface area contributed by atoms with Crippen LogP contribution in [0.3, 0.4) is 0 Å². The number of benzene rings is 3. The first kappa shape index (κ1) is 19.0. The predicted molar refractivity (Wildman–Crippen MR) is 115 cm³/mol. The molecule has 6 nitrogen and oxygen atoms in total. The fourth-order valence-corrected chi connectivity index (χ4v) is 3.35. The number of nitriles is 1. The van der Waals surface area contributed by atoms with E-state index in [1.807, 2.05) is 48.7 Å². The van der Waals surface area contributed by atoms with Gasteiger partial charge in [0.15, 0.2) is 0 Å². The average Bonchev–Trinajstić information content (AvgIpc) is 3.12. The highest BCUT2D eigenvalue weighted by Crippen LogP contribution is 2.22. The third-order valence-electron chi connectivity index (χ3n) is 4.82. The number of nitrogens with zero attached hydrogens (tertiary/aromatic N) is 3. The van der Waals surface area contributed by atoms with E-state index in [1.54, 1.807) is 24.4 Å². The van der Waals surface area contributed by atoms with Crippen molar-refractivity contribution in [1.82, 2.24) is 9.99 Å². The van der Waals surface area contributed by atoms with Gasteiger partial charge in [-0.1, -0.05) is 48.5 Å². The summed E-state index contributed by atoms with van der Waals surface area (Å²) in [5.41, 5.74) is 6.00. The first-order valence-corrected chi connectivity index (χ1v) is 9.34. The Kier molecular flexibility index (Phi) is 5.27. The molecule has 6 heteroatoms. The summed E-state index contributed by atoms with van der Waals surface area (Å²) in [7, 11) is 0. The van der Waals surface area contributed by atoms with Crippen LogP contribution in [0.15, 0.2) is 84.1 Å². The van der Waals surface area contributed by atoms with Crippen LogP contribution in [0.25, 0.3) is 10.9 Å². The van der Waals surface area contributed by atoms with Crippen molar-refractivity contribution in [2.24, 2.45) is 5.10 Å². The molecule has 0 atom stereocenters. The van der Waals surface area contributed by atoms with Crippen LogP contribution < -0.4 is 5.43 Å². The van der Waals surface area contributed by atoms with Crippen molar-refractivity contribution in [3.63, 3.8) is 0 Å². The number of nitrogens with one attached hydrogen (secondary N) is 1. The number of amides is 1. The maximum Gasteiger partial charge on any atom is 0.275 e. The Morgan fingerprint density at radius 3 is 2.63 bits per heavy atom. The second kappa shape index (κ2) is 8.33. The minimum Gasteiger partial charge on any atom is -0.507 e. The van der Waals surface area contributed by atoms with Crippen molar-refractivity contribution < 1.29 is 9.90 Å². The lowest BCUT2D eigenvalue weighted by Gasteiger charge is -2.07. The van der Waals surface area contributed by atoms with Gasteiger partial charge in [-0.05, 0) is 29.8 Å². The molecule has 4 rings (SSSR count). The van der Waals surface area contributed by atoms with Crippen LogP contribution in [-0.4, -0.2) is 21.8 Å². The number of rotatable bonds is 5. The zero-order valence-corrected chi connectivity index (χ0v) is 16.0. The molecule has 0 fully saturated rings. The summed E-state index contributed by atoms with van der Waals surface area (Å²) in [4.78, 5) is 12.2. The first-order valence-electron chi connectivity index (χ1n) is 9.34. The van der Waals surface area contributed by atoms with E-state index in [9.17, 15) is 15.2 Å². The van der Waals surface area contributed by atoms with Crippen molar-refractivity contribution in [3.05, 3.63) is 101 Å². The molecule has 4 aromatic rings. The molecule has 0 aliphatic carbocycles. The standard InChI is InChI=1S/C24H18N4O2/c25-13-17-7-1-2-8-18(17)15-28-16-19(20-9-3-5-11-22(20)28)14-26-27-24(30)21-10-4-6-12-23(21)29/h1-12,14,16,29H,15H2,(H,27,30)/b26-14+. The molecule has 0 saturated heterocycles. The summed E-state index contributed by atoms with van der Waals surface area (Å²) in [5, 5.41) is 24.2. The van der Waals surface area contributed by atoms with Crippen molar-refractivity contribution in [1.29, 1.82) is 5.26 Å². The number of para-hydroxylation sites is 2. The van der Waals surface area contributed by atoms with Crippen LogP contribution in [0.5, 0.6) is 5.75 Å². The highest BCUT2D eigenvalue weighted by atomic mass is 16.3. The van der Waals surface area contributed by atoms with Crippen LogP contribution in [0.1, 0.15) is 27.0 Å². The minimum atomic E-state index is -0.490. The van der Waals surface area contributed by atoms with Crippen LogP contribution in [-0.2, 0) is 6.54 Å². The molecule has 0 aliphatic heterocycles. The van der Waals surface area contributed by atoms with Gasteiger partial charge in [0.05, 0.1) is 23.4 Å². The zero-order valence-electron chi connectivity index (χ0n) is 16.0. The van der Waals surface area contributed by atoms with Gasteiger partial charge >= 0.3 is 0 Å². The normalized spacial score (nSPS) is 10.9. The molecule has 0 saturated carbocycles. The highest BCUT2D eigenvalue weighted by Gasteiger charge is 2.11. The Bertz CT molecular complexity index is 1300. The van der Waals surface area contributed by atoms with Gasteiger partial charge < -0.3 is 9.67 Å². The SMILES string of the molecule is N#Cc1ccccc1Cn1cc(/C=N/NC(=O)c2ccccc2O)c2ccccc21. The smallest absolute Gasteiger partial charge is 0.275 e. The maximum atomic E-state index is 12.2. The van der Waals surface area contributed by atoms with E-state index in [4.69, 9.17) is 0 Å². The van der Waals surface area contributed by atoms with Gasteiger partial charge in [-0.3, -0.25) is 4.79 Å². The average molecular weight is 394 g/mol. The van der Waals surface area contributed by atoms with E-state index >= 15 is 0 Å². The highest BCUT2D eigenvalue weighted by molar-refractivity contribution is 6.01. The summed E-state index contributed by atoms with van der Waals surface area (Å²) in [6, 6.07) is 23.9. The molecule has 0 aliphatic rings. The summed E-state index contributed by atoms with van der Waals surface area (Å²) in [6.45, 7) is 0.544. The van der Waals surface area contributed by atoms with E-state index in [0.29, 0.717) is 12.1 Å². The third-order valence-corrected chi connectivity index (χ3v) is 4.82. The quantitative estimate of drug-likeness (QED) is 0.395. The van der Waals surface area contributed by atoms with Gasteiger partial charge in [0.25, 0.3) is 5.91 Å². The fraction of sp³-hybridized carbons (Fsp3) is 0.0417. The van der Waals surface area contributed by atoms with Crippen molar-refractivity contribution >= 4 is 23.0 Å². The Balaban J connectivity index is 1.61. The molecule has 2 N–H and O–H groups in total. The number of hydrogen-bond donors (Lipinski definition) is 2. The molecule has 0 spiro atoms. The van der Waals surface area contributed by atoms with Crippen molar-refractivity contribution in [2.45, 2.75) is 6.54 Å². The molecule has 0 bridgehead atoms. The molecular weight excluding hydrogens is 376 g/mol. The molecule has 146 valence electrons. The number of carbonyl (C=O) groups is 1. The minimum absolute atomic E-state index is 0.0991. The lowest BCUT2D eigenvalue weighted by Crippen LogP contribution is -2.17. The number of phenols is 1.